The molecule has 0 aliphatic rings. The molecule has 0 saturated heterocycles. The lowest BCUT2D eigenvalue weighted by molar-refractivity contribution is 1.20. The van der Waals surface area contributed by atoms with Gasteiger partial charge in [-0.15, -0.1) is 0 Å². The SMILES string of the molecule is c1ccc(-c2ccc(-c3ccc4c(c3)c3cc(-c5ccc(-c6ccccc6)cc5)ccc3n4-c3ccc4ccc5cccc6ccc3c4c56)cc2)cc1. The average molecular weight is 672 g/mol. The van der Waals surface area contributed by atoms with Gasteiger partial charge in [-0.25, -0.2) is 0 Å². The van der Waals surface area contributed by atoms with Gasteiger partial charge in [-0.1, -0.05) is 170 Å². The minimum absolute atomic E-state index is 1.20. The van der Waals surface area contributed by atoms with Crippen molar-refractivity contribution in [2.45, 2.75) is 0 Å². The van der Waals surface area contributed by atoms with Gasteiger partial charge in [0, 0.05) is 16.2 Å². The standard InChI is InChI=1S/C52H33N/c1-3-8-34(9-4-1)36-14-18-38(19-15-36)43-26-30-49-46(32-43)47-33-44(39-20-16-37(17-21-39)35-10-5-2-6-11-35)27-31-50(47)53(49)48-29-25-42-23-22-40-12-7-13-41-24-28-45(48)52(42)51(40)41/h1-33H. The number of benzene rings is 10. The summed E-state index contributed by atoms with van der Waals surface area (Å²) in [4.78, 5) is 0. The average Bonchev–Trinajstić information content (AvgIpc) is 3.56. The van der Waals surface area contributed by atoms with E-state index in [4.69, 9.17) is 0 Å². The number of aromatic nitrogens is 1. The van der Waals surface area contributed by atoms with Crippen molar-refractivity contribution in [3.05, 3.63) is 200 Å². The van der Waals surface area contributed by atoms with Gasteiger partial charge in [-0.05, 0) is 102 Å². The van der Waals surface area contributed by atoms with Gasteiger partial charge in [0.25, 0.3) is 0 Å². The number of rotatable bonds is 5. The van der Waals surface area contributed by atoms with Crippen LogP contribution in [-0.2, 0) is 0 Å². The molecule has 0 atom stereocenters. The third-order valence-corrected chi connectivity index (χ3v) is 11.2. The van der Waals surface area contributed by atoms with Crippen LogP contribution in [0.5, 0.6) is 0 Å². The first-order chi connectivity index (χ1) is 26.3. The predicted octanol–water partition coefficient (Wildman–Crippen LogP) is 14.3. The molecule has 0 aliphatic carbocycles. The van der Waals surface area contributed by atoms with Crippen molar-refractivity contribution in [2.75, 3.05) is 0 Å². The van der Waals surface area contributed by atoms with Gasteiger partial charge in [0.15, 0.2) is 0 Å². The third-order valence-electron chi connectivity index (χ3n) is 11.2. The topological polar surface area (TPSA) is 4.93 Å². The Bertz CT molecular complexity index is 2960. The molecule has 0 radical (unpaired) electrons. The predicted molar refractivity (Wildman–Crippen MR) is 226 cm³/mol. The van der Waals surface area contributed by atoms with E-state index in [9.17, 15) is 0 Å². The van der Waals surface area contributed by atoms with E-state index in [0.717, 1.165) is 0 Å². The molecule has 1 aromatic heterocycles. The highest BCUT2D eigenvalue weighted by molar-refractivity contribution is 6.25. The molecular formula is C52H33N. The van der Waals surface area contributed by atoms with Crippen molar-refractivity contribution in [3.8, 4) is 50.2 Å². The summed E-state index contributed by atoms with van der Waals surface area (Å²) < 4.78 is 2.49. The van der Waals surface area contributed by atoms with Gasteiger partial charge in [0.2, 0.25) is 0 Å². The van der Waals surface area contributed by atoms with Crippen LogP contribution in [-0.4, -0.2) is 4.57 Å². The van der Waals surface area contributed by atoms with Gasteiger partial charge < -0.3 is 4.57 Å². The van der Waals surface area contributed by atoms with Gasteiger partial charge in [0.05, 0.1) is 16.7 Å². The van der Waals surface area contributed by atoms with Crippen LogP contribution >= 0.6 is 0 Å². The summed E-state index contributed by atoms with van der Waals surface area (Å²) >= 11 is 0. The van der Waals surface area contributed by atoms with E-state index in [2.05, 4.69) is 205 Å². The normalized spacial score (nSPS) is 11.8. The Balaban J connectivity index is 1.12. The molecule has 10 aromatic carbocycles. The minimum Gasteiger partial charge on any atom is -0.309 e. The largest absolute Gasteiger partial charge is 0.309 e. The lowest BCUT2D eigenvalue weighted by atomic mass is 9.93. The second-order valence-corrected chi connectivity index (χ2v) is 14.1. The highest BCUT2D eigenvalue weighted by atomic mass is 15.0. The summed E-state index contributed by atoms with van der Waals surface area (Å²) in [5, 5.41) is 10.3. The fourth-order valence-electron chi connectivity index (χ4n) is 8.53. The van der Waals surface area contributed by atoms with Crippen LogP contribution in [0.25, 0.3) is 104 Å². The molecule has 1 heterocycles. The summed E-state index contributed by atoms with van der Waals surface area (Å²) in [6, 6.07) is 73.5. The smallest absolute Gasteiger partial charge is 0.0541 e. The third kappa shape index (κ3) is 4.79. The molecular weight excluding hydrogens is 639 g/mol. The number of nitrogens with zero attached hydrogens (tertiary/aromatic N) is 1. The number of hydrogen-bond acceptors (Lipinski definition) is 0. The van der Waals surface area contributed by atoms with E-state index in [-0.39, 0.29) is 0 Å². The second kappa shape index (κ2) is 11.8. The van der Waals surface area contributed by atoms with Crippen molar-refractivity contribution in [3.63, 3.8) is 0 Å². The van der Waals surface area contributed by atoms with Crippen LogP contribution in [0, 0.1) is 0 Å². The maximum Gasteiger partial charge on any atom is 0.0541 e. The van der Waals surface area contributed by atoms with Crippen LogP contribution in [0.2, 0.25) is 0 Å². The first-order valence-corrected chi connectivity index (χ1v) is 18.3. The van der Waals surface area contributed by atoms with Gasteiger partial charge >= 0.3 is 0 Å². The zero-order valence-corrected chi connectivity index (χ0v) is 29.0. The minimum atomic E-state index is 1.20. The Labute approximate surface area is 308 Å². The quantitative estimate of drug-likeness (QED) is 0.161. The van der Waals surface area contributed by atoms with Crippen molar-refractivity contribution < 1.29 is 0 Å². The molecule has 0 aliphatic heterocycles. The molecule has 0 spiro atoms. The van der Waals surface area contributed by atoms with Crippen molar-refractivity contribution in [2.24, 2.45) is 0 Å². The van der Waals surface area contributed by atoms with E-state index in [1.165, 1.54) is 104 Å². The maximum atomic E-state index is 2.49. The molecule has 11 rings (SSSR count). The van der Waals surface area contributed by atoms with E-state index in [1.54, 1.807) is 0 Å². The molecule has 246 valence electrons. The summed E-state index contributed by atoms with van der Waals surface area (Å²) in [5.41, 5.74) is 13.4. The Kier molecular flexibility index (Phi) is 6.62. The van der Waals surface area contributed by atoms with Gasteiger partial charge in [0.1, 0.15) is 0 Å². The van der Waals surface area contributed by atoms with Crippen LogP contribution in [0.4, 0.5) is 0 Å². The molecule has 11 aromatic rings. The number of hydrogen-bond donors (Lipinski definition) is 0. The Morgan fingerprint density at radius 2 is 0.642 bits per heavy atom. The molecule has 1 nitrogen and oxygen atoms in total. The first-order valence-electron chi connectivity index (χ1n) is 18.3. The summed E-state index contributed by atoms with van der Waals surface area (Å²) in [6.07, 6.45) is 0. The van der Waals surface area contributed by atoms with Gasteiger partial charge in [-0.3, -0.25) is 0 Å². The van der Waals surface area contributed by atoms with E-state index in [1.807, 2.05) is 0 Å². The summed E-state index contributed by atoms with van der Waals surface area (Å²) in [5.74, 6) is 0. The summed E-state index contributed by atoms with van der Waals surface area (Å²) in [6.45, 7) is 0. The van der Waals surface area contributed by atoms with E-state index < -0.39 is 0 Å². The van der Waals surface area contributed by atoms with E-state index >= 15 is 0 Å². The zero-order valence-electron chi connectivity index (χ0n) is 29.0. The van der Waals surface area contributed by atoms with Crippen molar-refractivity contribution in [1.82, 2.24) is 4.57 Å². The first kappa shape index (κ1) is 29.7. The van der Waals surface area contributed by atoms with Crippen LogP contribution in [0.15, 0.2) is 200 Å². The molecule has 53 heavy (non-hydrogen) atoms. The lowest BCUT2D eigenvalue weighted by Gasteiger charge is -2.16. The number of fused-ring (bicyclic) bond motifs is 3. The lowest BCUT2D eigenvalue weighted by Crippen LogP contribution is -1.96. The van der Waals surface area contributed by atoms with Crippen molar-refractivity contribution in [1.29, 1.82) is 0 Å². The fraction of sp³-hybridized carbons (Fsp3) is 0. The van der Waals surface area contributed by atoms with Crippen LogP contribution in [0.3, 0.4) is 0 Å². The molecule has 0 saturated carbocycles. The zero-order chi connectivity index (χ0) is 34.9. The van der Waals surface area contributed by atoms with Crippen molar-refractivity contribution >= 4 is 54.1 Å². The highest BCUT2D eigenvalue weighted by Gasteiger charge is 2.18. The molecule has 1 heteroatoms. The van der Waals surface area contributed by atoms with Crippen LogP contribution < -0.4 is 0 Å². The Hall–Kier alpha value is -6.96. The monoisotopic (exact) mass is 671 g/mol. The van der Waals surface area contributed by atoms with E-state index in [0.29, 0.717) is 0 Å². The Morgan fingerprint density at radius 1 is 0.245 bits per heavy atom. The Morgan fingerprint density at radius 3 is 1.15 bits per heavy atom. The summed E-state index contributed by atoms with van der Waals surface area (Å²) in [7, 11) is 0. The molecule has 0 N–H and O–H groups in total. The van der Waals surface area contributed by atoms with Gasteiger partial charge in [-0.2, -0.15) is 0 Å². The van der Waals surface area contributed by atoms with Crippen LogP contribution in [0.1, 0.15) is 0 Å². The molecule has 0 fully saturated rings. The molecule has 0 amide bonds. The maximum absolute atomic E-state index is 2.49. The molecule has 0 unspecified atom stereocenters. The highest BCUT2D eigenvalue weighted by Crippen LogP contribution is 2.42. The molecule has 0 bridgehead atoms. The fourth-order valence-corrected chi connectivity index (χ4v) is 8.53. The second-order valence-electron chi connectivity index (χ2n) is 14.1.